The Morgan fingerprint density at radius 3 is 2.38 bits per heavy atom. The number of halogens is 1. The monoisotopic (exact) mass is 572 g/mol. The molecule has 0 saturated heterocycles. The highest BCUT2D eigenvalue weighted by Crippen LogP contribution is 2.39. The molecule has 206 valence electrons. The van der Waals surface area contributed by atoms with Gasteiger partial charge in [0.1, 0.15) is 28.7 Å². The number of hydrogen-bond acceptors (Lipinski definition) is 9. The number of H-pyrrole nitrogens is 1. The summed E-state index contributed by atoms with van der Waals surface area (Å²) < 4.78 is 42.8. The Balaban J connectivity index is 1.62. The number of nitrogens with one attached hydrogen (secondary N) is 2. The number of aryl methyl sites for hydroxylation is 1. The van der Waals surface area contributed by atoms with Crippen LogP contribution >= 0.6 is 11.6 Å². The Morgan fingerprint density at radius 2 is 1.72 bits per heavy atom. The first-order valence-electron chi connectivity index (χ1n) is 12.5. The van der Waals surface area contributed by atoms with Crippen molar-refractivity contribution >= 4 is 27.6 Å². The molecule has 0 radical (unpaired) electrons. The van der Waals surface area contributed by atoms with Crippen LogP contribution in [0, 0.1) is 0 Å². The van der Waals surface area contributed by atoms with Crippen LogP contribution in [0.5, 0.6) is 11.5 Å². The maximum absolute atomic E-state index is 13.6. The first-order valence-corrected chi connectivity index (χ1v) is 14.4. The van der Waals surface area contributed by atoms with Gasteiger partial charge in [-0.3, -0.25) is 14.4 Å². The predicted octanol–water partition coefficient (Wildman–Crippen LogP) is 3.93. The number of benzene rings is 1. The normalized spacial score (nSPS) is 14.9. The number of methoxy groups -OCH3 is 2. The summed E-state index contributed by atoms with van der Waals surface area (Å²) in [6.45, 7) is 3.32. The van der Waals surface area contributed by atoms with E-state index in [1.54, 1.807) is 36.6 Å². The third kappa shape index (κ3) is 5.03. The van der Waals surface area contributed by atoms with Gasteiger partial charge in [0, 0.05) is 29.6 Å². The molecular formula is C25H29ClN8O4S. The molecule has 2 atom stereocenters. The second kappa shape index (κ2) is 10.8. The Bertz CT molecular complexity index is 1560. The smallest absolute Gasteiger partial charge is 0.243 e. The molecule has 3 heterocycles. The number of para-hydroxylation sites is 1. The van der Waals surface area contributed by atoms with E-state index in [0.717, 1.165) is 36.9 Å². The third-order valence-electron chi connectivity index (χ3n) is 7.03. The van der Waals surface area contributed by atoms with Gasteiger partial charge in [-0.05, 0) is 44.7 Å². The van der Waals surface area contributed by atoms with Gasteiger partial charge in [-0.1, -0.05) is 24.6 Å². The molecular weight excluding hydrogens is 544 g/mol. The van der Waals surface area contributed by atoms with E-state index in [-0.39, 0.29) is 5.95 Å². The van der Waals surface area contributed by atoms with Crippen LogP contribution in [0.2, 0.25) is 5.02 Å². The minimum Gasteiger partial charge on any atom is -0.494 e. The first-order chi connectivity index (χ1) is 18.7. The molecule has 14 heteroatoms. The maximum atomic E-state index is 13.6. The quantitative estimate of drug-likeness (QED) is 0.304. The first kappa shape index (κ1) is 26.9. The zero-order chi connectivity index (χ0) is 27.7. The average molecular weight is 573 g/mol. The second-order valence-electron chi connectivity index (χ2n) is 9.33. The number of nitrogens with zero attached hydrogens (tertiary/aromatic N) is 6. The van der Waals surface area contributed by atoms with Crippen LogP contribution in [-0.4, -0.2) is 62.8 Å². The summed E-state index contributed by atoms with van der Waals surface area (Å²) in [5, 5.41) is 15.8. The number of anilines is 1. The number of ether oxygens (including phenoxy) is 2. The molecule has 0 saturated carbocycles. The van der Waals surface area contributed by atoms with Crippen molar-refractivity contribution in [2.45, 2.75) is 50.7 Å². The summed E-state index contributed by atoms with van der Waals surface area (Å²) in [5.74, 6) is 1.02. The number of aromatic nitrogens is 7. The van der Waals surface area contributed by atoms with Crippen molar-refractivity contribution in [1.82, 2.24) is 34.9 Å². The van der Waals surface area contributed by atoms with Gasteiger partial charge < -0.3 is 9.47 Å². The SMILES string of the molecule is COc1cccc(OC)c1-n1c(NS(=O)(=O)[C@@H](C)[C@H](C)c2ncc(Cl)cn2)nnc1-c1n[nH]c2c1CCCC2. The molecule has 1 aromatic carbocycles. The summed E-state index contributed by atoms with van der Waals surface area (Å²) in [7, 11) is -0.957. The van der Waals surface area contributed by atoms with Crippen molar-refractivity contribution in [3.8, 4) is 28.7 Å². The molecule has 39 heavy (non-hydrogen) atoms. The molecule has 12 nitrogen and oxygen atoms in total. The van der Waals surface area contributed by atoms with Gasteiger partial charge in [0.25, 0.3) is 0 Å². The highest BCUT2D eigenvalue weighted by Gasteiger charge is 2.33. The lowest BCUT2D eigenvalue weighted by Gasteiger charge is -2.21. The van der Waals surface area contributed by atoms with Crippen molar-refractivity contribution in [2.24, 2.45) is 0 Å². The number of fused-ring (bicyclic) bond motifs is 1. The summed E-state index contributed by atoms with van der Waals surface area (Å²) in [4.78, 5) is 8.39. The Hall–Kier alpha value is -3.71. The largest absolute Gasteiger partial charge is 0.494 e. The standard InChI is InChI=1S/C25H29ClN8O4S/c1-14(23-27-12-16(26)13-28-23)15(2)39(35,36)33-25-32-31-24(21-17-8-5-6-9-18(17)29-30-21)34(25)22-19(37-3)10-7-11-20(22)38-4/h7,10-15H,5-6,8-9H2,1-4H3,(H,29,30)(H,32,33)/t14-,15-/m0/s1. The molecule has 1 aliphatic rings. The second-order valence-corrected chi connectivity index (χ2v) is 11.8. The number of rotatable bonds is 9. The van der Waals surface area contributed by atoms with Crippen LogP contribution in [0.3, 0.4) is 0 Å². The lowest BCUT2D eigenvalue weighted by atomic mass is 9.96. The molecule has 2 N–H and O–H groups in total. The molecule has 0 bridgehead atoms. The van der Waals surface area contributed by atoms with Gasteiger partial charge in [-0.2, -0.15) is 5.10 Å². The van der Waals surface area contributed by atoms with Gasteiger partial charge in [0.2, 0.25) is 16.0 Å². The van der Waals surface area contributed by atoms with Crippen molar-refractivity contribution in [2.75, 3.05) is 18.9 Å². The molecule has 5 rings (SSSR count). The van der Waals surface area contributed by atoms with Crippen molar-refractivity contribution < 1.29 is 17.9 Å². The van der Waals surface area contributed by atoms with Gasteiger partial charge in [-0.15, -0.1) is 10.2 Å². The molecule has 0 aliphatic heterocycles. The lowest BCUT2D eigenvalue weighted by Crippen LogP contribution is -2.31. The van der Waals surface area contributed by atoms with E-state index in [9.17, 15) is 8.42 Å². The molecule has 0 spiro atoms. The third-order valence-corrected chi connectivity index (χ3v) is 9.08. The Morgan fingerprint density at radius 1 is 1.05 bits per heavy atom. The fourth-order valence-electron chi connectivity index (χ4n) is 4.69. The molecule has 0 amide bonds. The van der Waals surface area contributed by atoms with Crippen LogP contribution in [0.15, 0.2) is 30.6 Å². The van der Waals surface area contributed by atoms with Crippen LogP contribution in [-0.2, 0) is 22.9 Å². The minimum absolute atomic E-state index is 0.0311. The zero-order valence-corrected chi connectivity index (χ0v) is 23.5. The van der Waals surface area contributed by atoms with Crippen LogP contribution < -0.4 is 14.2 Å². The number of aromatic amines is 1. The Kier molecular flexibility index (Phi) is 7.45. The van der Waals surface area contributed by atoms with Gasteiger partial charge in [-0.25, -0.2) is 18.4 Å². The van der Waals surface area contributed by atoms with Gasteiger partial charge in [0.05, 0.1) is 24.5 Å². The number of hydrogen-bond donors (Lipinski definition) is 2. The predicted molar refractivity (Wildman–Crippen MR) is 146 cm³/mol. The molecule has 3 aromatic heterocycles. The fourth-order valence-corrected chi connectivity index (χ4v) is 6.02. The number of sulfonamides is 1. The Labute approximate surface area is 231 Å². The van der Waals surface area contributed by atoms with E-state index in [0.29, 0.717) is 39.6 Å². The summed E-state index contributed by atoms with van der Waals surface area (Å²) in [6.07, 6.45) is 6.68. The average Bonchev–Trinajstić information content (AvgIpc) is 3.55. The topological polar surface area (TPSA) is 150 Å². The van der Waals surface area contributed by atoms with E-state index in [2.05, 4.69) is 35.1 Å². The summed E-state index contributed by atoms with van der Waals surface area (Å²) >= 11 is 5.91. The lowest BCUT2D eigenvalue weighted by molar-refractivity contribution is 0.391. The van der Waals surface area contributed by atoms with Crippen molar-refractivity contribution in [3.63, 3.8) is 0 Å². The molecule has 0 fully saturated rings. The van der Waals surface area contributed by atoms with E-state index in [1.165, 1.54) is 26.6 Å². The van der Waals surface area contributed by atoms with Crippen molar-refractivity contribution in [1.29, 1.82) is 0 Å². The summed E-state index contributed by atoms with van der Waals surface area (Å²) in [6, 6.07) is 5.28. The zero-order valence-electron chi connectivity index (χ0n) is 22.0. The fraction of sp³-hybridized carbons (Fsp3) is 0.400. The van der Waals surface area contributed by atoms with Gasteiger partial charge >= 0.3 is 0 Å². The molecule has 4 aromatic rings. The summed E-state index contributed by atoms with van der Waals surface area (Å²) in [5.41, 5.74) is 3.13. The molecule has 0 unspecified atom stereocenters. The highest BCUT2D eigenvalue weighted by molar-refractivity contribution is 7.93. The van der Waals surface area contributed by atoms with Crippen LogP contribution in [0.4, 0.5) is 5.95 Å². The van der Waals surface area contributed by atoms with Crippen LogP contribution in [0.25, 0.3) is 17.2 Å². The van der Waals surface area contributed by atoms with Gasteiger partial charge in [0.15, 0.2) is 5.82 Å². The van der Waals surface area contributed by atoms with Crippen LogP contribution in [0.1, 0.15) is 49.7 Å². The van der Waals surface area contributed by atoms with Crippen molar-refractivity contribution in [3.05, 3.63) is 52.7 Å². The van der Waals surface area contributed by atoms with E-state index in [1.807, 2.05) is 0 Å². The van der Waals surface area contributed by atoms with E-state index in [4.69, 9.17) is 21.1 Å². The molecule has 1 aliphatic carbocycles. The van der Waals surface area contributed by atoms with E-state index >= 15 is 0 Å². The highest BCUT2D eigenvalue weighted by atomic mass is 35.5. The maximum Gasteiger partial charge on any atom is 0.243 e. The minimum atomic E-state index is -4.01. The van der Waals surface area contributed by atoms with E-state index < -0.39 is 21.2 Å².